The molecule has 4 heteroatoms. The molecule has 0 unspecified atom stereocenters. The van der Waals surface area contributed by atoms with Crippen molar-refractivity contribution in [2.45, 2.75) is 0 Å². The Kier molecular flexibility index (Phi) is 3.36. The van der Waals surface area contributed by atoms with Gasteiger partial charge in [0.05, 0.1) is 11.0 Å². The minimum Gasteiger partial charge on any atom is -0.447 e. The number of aromatic nitrogens is 2. The number of para-hydroxylation sites is 5. The minimum absolute atomic E-state index is 0.719. The zero-order valence-electron chi connectivity index (χ0n) is 18.1. The van der Waals surface area contributed by atoms with E-state index >= 15 is 0 Å². The molecule has 0 amide bonds. The van der Waals surface area contributed by atoms with Gasteiger partial charge in [-0.25, -0.2) is 0 Å². The molecular weight excluding hydrogens is 420 g/mol. The van der Waals surface area contributed by atoms with Crippen LogP contribution in [-0.4, -0.2) is 9.55 Å². The molecular formula is C30H18N2O2. The number of nitrogens with one attached hydrogen (secondary N) is 1. The second kappa shape index (κ2) is 6.42. The van der Waals surface area contributed by atoms with Crippen molar-refractivity contribution in [3.63, 3.8) is 0 Å². The Morgan fingerprint density at radius 3 is 2.03 bits per heavy atom. The van der Waals surface area contributed by atoms with Crippen molar-refractivity contribution in [3.05, 3.63) is 103 Å². The molecule has 0 aliphatic carbocycles. The van der Waals surface area contributed by atoms with Gasteiger partial charge in [0.1, 0.15) is 5.52 Å². The first kappa shape index (κ1) is 17.8. The van der Waals surface area contributed by atoms with Crippen molar-refractivity contribution in [2.24, 2.45) is 0 Å². The third-order valence-corrected chi connectivity index (χ3v) is 6.77. The van der Waals surface area contributed by atoms with Crippen LogP contribution >= 0.6 is 0 Å². The molecule has 160 valence electrons. The summed E-state index contributed by atoms with van der Waals surface area (Å²) in [6.07, 6.45) is 0. The molecule has 0 saturated carbocycles. The lowest BCUT2D eigenvalue weighted by atomic mass is 10.0. The van der Waals surface area contributed by atoms with Gasteiger partial charge >= 0.3 is 0 Å². The number of hydrogen-bond donors (Lipinski definition) is 1. The lowest BCUT2D eigenvalue weighted by Crippen LogP contribution is -2.02. The van der Waals surface area contributed by atoms with Crippen LogP contribution in [0.4, 0.5) is 0 Å². The topological polar surface area (TPSA) is 39.2 Å². The van der Waals surface area contributed by atoms with E-state index in [2.05, 4.69) is 82.3 Å². The molecule has 1 aliphatic rings. The number of H-pyrrole nitrogens is 1. The number of rotatable bonds is 1. The molecule has 34 heavy (non-hydrogen) atoms. The Morgan fingerprint density at radius 1 is 0.559 bits per heavy atom. The number of hydrogen-bond acceptors (Lipinski definition) is 2. The second-order valence-electron chi connectivity index (χ2n) is 8.64. The molecule has 4 nitrogen and oxygen atoms in total. The standard InChI is InChI=1S/C30H18N2O2/c1-2-10-18(11-3-1)32-22-15-7-5-13-20(22)26-25-19-12-4-6-14-21(19)31-27(25)29-30(28(26)32)34-24-17-9-8-16-23(24)33-29/h1-17,31H. The van der Waals surface area contributed by atoms with Crippen molar-refractivity contribution in [3.8, 4) is 28.7 Å². The number of ether oxygens (including phenoxy) is 2. The molecule has 0 bridgehead atoms. The van der Waals surface area contributed by atoms with Gasteiger partial charge in [-0.1, -0.05) is 66.7 Å². The smallest absolute Gasteiger partial charge is 0.196 e. The minimum atomic E-state index is 0.719. The fourth-order valence-electron chi connectivity index (χ4n) is 5.38. The highest BCUT2D eigenvalue weighted by atomic mass is 16.6. The summed E-state index contributed by atoms with van der Waals surface area (Å²) in [5.74, 6) is 2.89. The molecule has 0 fully saturated rings. The maximum Gasteiger partial charge on any atom is 0.196 e. The molecule has 1 N–H and O–H groups in total. The number of benzene rings is 5. The molecule has 0 atom stereocenters. The maximum atomic E-state index is 6.62. The molecule has 5 aromatic carbocycles. The summed E-state index contributed by atoms with van der Waals surface area (Å²) in [7, 11) is 0. The molecule has 1 aliphatic heterocycles. The lowest BCUT2D eigenvalue weighted by molar-refractivity contribution is 0.365. The van der Waals surface area contributed by atoms with E-state index in [0.29, 0.717) is 0 Å². The first-order valence-corrected chi connectivity index (χ1v) is 11.4. The summed E-state index contributed by atoms with van der Waals surface area (Å²) in [4.78, 5) is 3.63. The Bertz CT molecular complexity index is 1910. The molecule has 2 aromatic heterocycles. The highest BCUT2D eigenvalue weighted by Crippen LogP contribution is 2.55. The zero-order chi connectivity index (χ0) is 22.2. The van der Waals surface area contributed by atoms with E-state index in [9.17, 15) is 0 Å². The Hall–Kier alpha value is -4.70. The average molecular weight is 438 g/mol. The van der Waals surface area contributed by atoms with Gasteiger partial charge in [0.2, 0.25) is 0 Å². The zero-order valence-corrected chi connectivity index (χ0v) is 18.1. The van der Waals surface area contributed by atoms with Crippen LogP contribution < -0.4 is 9.47 Å². The fraction of sp³-hybridized carbons (Fsp3) is 0. The molecule has 7 aromatic rings. The monoisotopic (exact) mass is 438 g/mol. The fourth-order valence-corrected chi connectivity index (χ4v) is 5.38. The van der Waals surface area contributed by atoms with Gasteiger partial charge in [0.15, 0.2) is 23.0 Å². The highest BCUT2D eigenvalue weighted by Gasteiger charge is 2.30. The van der Waals surface area contributed by atoms with Gasteiger partial charge < -0.3 is 19.0 Å². The van der Waals surface area contributed by atoms with Crippen molar-refractivity contribution >= 4 is 43.6 Å². The van der Waals surface area contributed by atoms with Crippen LogP contribution in [0, 0.1) is 0 Å². The molecule has 0 saturated heterocycles. The van der Waals surface area contributed by atoms with Crippen molar-refractivity contribution in [1.82, 2.24) is 9.55 Å². The quantitative estimate of drug-likeness (QED) is 0.280. The second-order valence-corrected chi connectivity index (χ2v) is 8.64. The van der Waals surface area contributed by atoms with Gasteiger partial charge in [0, 0.05) is 32.7 Å². The number of aromatic amines is 1. The van der Waals surface area contributed by atoms with E-state index in [-0.39, 0.29) is 0 Å². The lowest BCUT2D eigenvalue weighted by Gasteiger charge is -2.23. The van der Waals surface area contributed by atoms with E-state index in [1.165, 1.54) is 10.8 Å². The van der Waals surface area contributed by atoms with Gasteiger partial charge in [-0.15, -0.1) is 0 Å². The van der Waals surface area contributed by atoms with Crippen LogP contribution in [0.1, 0.15) is 0 Å². The van der Waals surface area contributed by atoms with Crippen molar-refractivity contribution in [1.29, 1.82) is 0 Å². The molecule has 8 rings (SSSR count). The largest absolute Gasteiger partial charge is 0.447 e. The Labute approximate surface area is 194 Å². The van der Waals surface area contributed by atoms with Crippen LogP contribution in [0.25, 0.3) is 49.3 Å². The normalized spacial score (nSPS) is 12.6. The maximum absolute atomic E-state index is 6.62. The van der Waals surface area contributed by atoms with Crippen LogP contribution in [-0.2, 0) is 0 Å². The predicted octanol–water partition coefficient (Wildman–Crippen LogP) is 8.32. The summed E-state index contributed by atoms with van der Waals surface area (Å²) in [6, 6.07) is 35.3. The van der Waals surface area contributed by atoms with Crippen molar-refractivity contribution in [2.75, 3.05) is 0 Å². The van der Waals surface area contributed by atoms with Gasteiger partial charge in [0.25, 0.3) is 0 Å². The first-order chi connectivity index (χ1) is 16.9. The van der Waals surface area contributed by atoms with E-state index in [1.807, 2.05) is 30.3 Å². The number of fused-ring (bicyclic) bond motifs is 11. The first-order valence-electron chi connectivity index (χ1n) is 11.4. The molecule has 3 heterocycles. The number of nitrogens with zero attached hydrogens (tertiary/aromatic N) is 1. The van der Waals surface area contributed by atoms with Gasteiger partial charge in [-0.3, -0.25) is 0 Å². The average Bonchev–Trinajstić information content (AvgIpc) is 3.45. The third kappa shape index (κ3) is 2.22. The van der Waals surface area contributed by atoms with Crippen LogP contribution in [0.15, 0.2) is 103 Å². The van der Waals surface area contributed by atoms with E-state index in [1.54, 1.807) is 0 Å². The SMILES string of the molecule is c1ccc(-n2c3ccccc3c3c4c([nH]c5ccccc54)c4c(c32)Oc2ccccc2O4)cc1. The van der Waals surface area contributed by atoms with Gasteiger partial charge in [-0.2, -0.15) is 0 Å². The summed E-state index contributed by atoms with van der Waals surface area (Å²) in [5.41, 5.74) is 5.25. The summed E-state index contributed by atoms with van der Waals surface area (Å²) >= 11 is 0. The Morgan fingerprint density at radius 2 is 1.21 bits per heavy atom. The van der Waals surface area contributed by atoms with Crippen LogP contribution in [0.3, 0.4) is 0 Å². The summed E-state index contributed by atoms with van der Waals surface area (Å²) in [5, 5.41) is 4.66. The van der Waals surface area contributed by atoms with E-state index in [0.717, 1.165) is 61.5 Å². The van der Waals surface area contributed by atoms with E-state index in [4.69, 9.17) is 9.47 Å². The van der Waals surface area contributed by atoms with Crippen molar-refractivity contribution < 1.29 is 9.47 Å². The predicted molar refractivity (Wildman–Crippen MR) is 137 cm³/mol. The molecule has 0 radical (unpaired) electrons. The van der Waals surface area contributed by atoms with Crippen LogP contribution in [0.5, 0.6) is 23.0 Å². The van der Waals surface area contributed by atoms with Gasteiger partial charge in [-0.05, 0) is 36.4 Å². The molecule has 0 spiro atoms. The highest BCUT2D eigenvalue weighted by molar-refractivity contribution is 6.31. The summed E-state index contributed by atoms with van der Waals surface area (Å²) < 4.78 is 15.5. The summed E-state index contributed by atoms with van der Waals surface area (Å²) in [6.45, 7) is 0. The van der Waals surface area contributed by atoms with Crippen LogP contribution in [0.2, 0.25) is 0 Å². The van der Waals surface area contributed by atoms with E-state index < -0.39 is 0 Å². The third-order valence-electron chi connectivity index (χ3n) is 6.77. The Balaban J connectivity index is 1.67.